The van der Waals surface area contributed by atoms with Crippen LogP contribution in [-0.4, -0.2) is 71.9 Å². The highest BCUT2D eigenvalue weighted by molar-refractivity contribution is 14.0. The van der Waals surface area contributed by atoms with Crippen molar-refractivity contribution in [2.75, 3.05) is 65.9 Å². The standard InChI is InChI=1S/C19H34FN5O.HI/c1-6-21-19(22-10-12-25(4)11-7-13-26-5)23-15-16-8-9-18(24(2)3)17(20)14-16;/h8-9,14H,6-7,10-13,15H2,1-5H3,(H2,21,22,23);1H. The van der Waals surface area contributed by atoms with Gasteiger partial charge in [0.1, 0.15) is 5.82 Å². The molecule has 0 aliphatic heterocycles. The van der Waals surface area contributed by atoms with Crippen molar-refractivity contribution in [3.63, 3.8) is 0 Å². The van der Waals surface area contributed by atoms with Gasteiger partial charge in [0, 0.05) is 54.0 Å². The first-order valence-electron chi connectivity index (χ1n) is 9.13. The summed E-state index contributed by atoms with van der Waals surface area (Å²) in [4.78, 5) is 8.56. The predicted octanol–water partition coefficient (Wildman–Crippen LogP) is 2.53. The fraction of sp³-hybridized carbons (Fsp3) is 0.632. The van der Waals surface area contributed by atoms with Crippen molar-refractivity contribution in [1.82, 2.24) is 15.5 Å². The number of hydrogen-bond donors (Lipinski definition) is 2. The molecule has 0 fully saturated rings. The molecule has 6 nitrogen and oxygen atoms in total. The second kappa shape index (κ2) is 14.9. The van der Waals surface area contributed by atoms with Gasteiger partial charge in [-0.3, -0.25) is 0 Å². The van der Waals surface area contributed by atoms with Crippen LogP contribution >= 0.6 is 24.0 Å². The number of aliphatic imine (C=N–C) groups is 1. The molecule has 8 heteroatoms. The van der Waals surface area contributed by atoms with Crippen LogP contribution in [0.1, 0.15) is 18.9 Å². The zero-order valence-electron chi connectivity index (χ0n) is 17.2. The van der Waals surface area contributed by atoms with Crippen LogP contribution in [0.4, 0.5) is 10.1 Å². The molecule has 0 unspecified atom stereocenters. The number of rotatable bonds is 11. The number of anilines is 1. The average Bonchev–Trinajstić information content (AvgIpc) is 2.59. The number of guanidine groups is 1. The van der Waals surface area contributed by atoms with E-state index in [1.807, 2.05) is 27.1 Å². The highest BCUT2D eigenvalue weighted by atomic mass is 127. The van der Waals surface area contributed by atoms with Gasteiger partial charge >= 0.3 is 0 Å². The second-order valence-electron chi connectivity index (χ2n) is 6.45. The summed E-state index contributed by atoms with van der Waals surface area (Å²) in [6.07, 6.45) is 1.02. The van der Waals surface area contributed by atoms with Gasteiger partial charge in [-0.05, 0) is 38.1 Å². The number of likely N-dealkylation sites (N-methyl/N-ethyl adjacent to an activating group) is 1. The molecule has 1 aromatic rings. The van der Waals surface area contributed by atoms with Gasteiger partial charge in [-0.2, -0.15) is 0 Å². The Hall–Kier alpha value is -1.13. The maximum atomic E-state index is 14.1. The van der Waals surface area contributed by atoms with Gasteiger partial charge in [0.25, 0.3) is 0 Å². The monoisotopic (exact) mass is 495 g/mol. The van der Waals surface area contributed by atoms with Gasteiger partial charge < -0.3 is 25.2 Å². The molecule has 0 heterocycles. The Labute approximate surface area is 180 Å². The molecule has 2 N–H and O–H groups in total. The Morgan fingerprint density at radius 3 is 2.52 bits per heavy atom. The lowest BCUT2D eigenvalue weighted by atomic mass is 10.2. The Balaban J connectivity index is 0.00000676. The Morgan fingerprint density at radius 1 is 1.19 bits per heavy atom. The molecule has 1 rings (SSSR count). The van der Waals surface area contributed by atoms with Crippen molar-refractivity contribution in [1.29, 1.82) is 0 Å². The average molecular weight is 495 g/mol. The van der Waals surface area contributed by atoms with Crippen molar-refractivity contribution < 1.29 is 9.13 Å². The lowest BCUT2D eigenvalue weighted by molar-refractivity contribution is 0.180. The minimum Gasteiger partial charge on any atom is -0.385 e. The lowest BCUT2D eigenvalue weighted by Crippen LogP contribution is -2.41. The van der Waals surface area contributed by atoms with Crippen LogP contribution in [0, 0.1) is 5.82 Å². The van der Waals surface area contributed by atoms with Gasteiger partial charge in [-0.15, -0.1) is 24.0 Å². The fourth-order valence-electron chi connectivity index (χ4n) is 2.48. The summed E-state index contributed by atoms with van der Waals surface area (Å²) in [5.74, 6) is 0.522. The SMILES string of the molecule is CCNC(=NCc1ccc(N(C)C)c(F)c1)NCCN(C)CCCOC.I. The minimum atomic E-state index is -0.224. The van der Waals surface area contributed by atoms with E-state index in [1.54, 1.807) is 24.1 Å². The second-order valence-corrected chi connectivity index (χ2v) is 6.45. The third-order valence-corrected chi connectivity index (χ3v) is 3.93. The van der Waals surface area contributed by atoms with Crippen molar-refractivity contribution >= 4 is 35.6 Å². The zero-order chi connectivity index (χ0) is 19.4. The normalized spacial score (nSPS) is 11.3. The van der Waals surface area contributed by atoms with Crippen molar-refractivity contribution in [3.8, 4) is 0 Å². The molecule has 0 aliphatic carbocycles. The number of hydrogen-bond acceptors (Lipinski definition) is 4. The number of halogens is 2. The molecule has 1 aromatic carbocycles. The zero-order valence-corrected chi connectivity index (χ0v) is 19.5. The molecule has 0 saturated heterocycles. The van der Waals surface area contributed by atoms with E-state index < -0.39 is 0 Å². The maximum Gasteiger partial charge on any atom is 0.191 e. The Kier molecular flexibility index (Phi) is 14.2. The first-order chi connectivity index (χ1) is 12.5. The Bertz CT molecular complexity index is 557. The van der Waals surface area contributed by atoms with Gasteiger partial charge in [0.2, 0.25) is 0 Å². The van der Waals surface area contributed by atoms with Crippen LogP contribution in [-0.2, 0) is 11.3 Å². The van der Waals surface area contributed by atoms with E-state index in [4.69, 9.17) is 4.74 Å². The number of ether oxygens (including phenoxy) is 1. The van der Waals surface area contributed by atoms with Crippen LogP contribution in [0.3, 0.4) is 0 Å². The minimum absolute atomic E-state index is 0. The number of benzene rings is 1. The summed E-state index contributed by atoms with van der Waals surface area (Å²) in [5.41, 5.74) is 1.43. The molecule has 156 valence electrons. The van der Waals surface area contributed by atoms with Crippen LogP contribution in [0.2, 0.25) is 0 Å². The van der Waals surface area contributed by atoms with E-state index in [0.717, 1.165) is 50.7 Å². The highest BCUT2D eigenvalue weighted by Gasteiger charge is 2.06. The molecule has 0 radical (unpaired) electrons. The number of nitrogens with one attached hydrogen (secondary N) is 2. The fourth-order valence-corrected chi connectivity index (χ4v) is 2.48. The largest absolute Gasteiger partial charge is 0.385 e. The van der Waals surface area contributed by atoms with E-state index >= 15 is 0 Å². The molecule has 0 bridgehead atoms. The van der Waals surface area contributed by atoms with Crippen LogP contribution in [0.5, 0.6) is 0 Å². The summed E-state index contributed by atoms with van der Waals surface area (Å²) in [6, 6.07) is 5.25. The van der Waals surface area contributed by atoms with Crippen LogP contribution < -0.4 is 15.5 Å². The van der Waals surface area contributed by atoms with Crippen molar-refractivity contribution in [2.24, 2.45) is 4.99 Å². The third kappa shape index (κ3) is 10.7. The summed E-state index contributed by atoms with van der Waals surface area (Å²) in [5, 5.41) is 6.54. The van der Waals surface area contributed by atoms with Crippen molar-refractivity contribution in [2.45, 2.75) is 19.9 Å². The predicted molar refractivity (Wildman–Crippen MR) is 123 cm³/mol. The molecule has 0 atom stereocenters. The maximum absolute atomic E-state index is 14.1. The van der Waals surface area contributed by atoms with Gasteiger partial charge in [-0.1, -0.05) is 6.07 Å². The molecule has 0 aliphatic rings. The first kappa shape index (κ1) is 25.9. The van der Waals surface area contributed by atoms with E-state index in [-0.39, 0.29) is 29.8 Å². The van der Waals surface area contributed by atoms with E-state index in [9.17, 15) is 4.39 Å². The van der Waals surface area contributed by atoms with Gasteiger partial charge in [0.15, 0.2) is 5.96 Å². The molecular formula is C19H35FIN5O. The van der Waals surface area contributed by atoms with Crippen LogP contribution in [0.15, 0.2) is 23.2 Å². The summed E-state index contributed by atoms with van der Waals surface area (Å²) in [6.45, 7) is 6.74. The van der Waals surface area contributed by atoms with E-state index in [0.29, 0.717) is 12.2 Å². The number of nitrogens with zero attached hydrogens (tertiary/aromatic N) is 3. The topological polar surface area (TPSA) is 52.1 Å². The van der Waals surface area contributed by atoms with E-state index in [1.165, 1.54) is 0 Å². The van der Waals surface area contributed by atoms with Crippen LogP contribution in [0.25, 0.3) is 0 Å². The molecule has 27 heavy (non-hydrogen) atoms. The van der Waals surface area contributed by atoms with Crippen molar-refractivity contribution in [3.05, 3.63) is 29.6 Å². The quantitative estimate of drug-likeness (QED) is 0.214. The summed E-state index contributed by atoms with van der Waals surface area (Å²) < 4.78 is 19.1. The van der Waals surface area contributed by atoms with E-state index in [2.05, 4.69) is 27.6 Å². The van der Waals surface area contributed by atoms with Gasteiger partial charge in [0.05, 0.1) is 12.2 Å². The number of methoxy groups -OCH3 is 1. The Morgan fingerprint density at radius 2 is 1.93 bits per heavy atom. The summed E-state index contributed by atoms with van der Waals surface area (Å²) in [7, 11) is 7.47. The smallest absolute Gasteiger partial charge is 0.191 e. The lowest BCUT2D eigenvalue weighted by Gasteiger charge is -2.18. The highest BCUT2D eigenvalue weighted by Crippen LogP contribution is 2.18. The molecule has 0 amide bonds. The summed E-state index contributed by atoms with van der Waals surface area (Å²) >= 11 is 0. The molecular weight excluding hydrogens is 460 g/mol. The molecule has 0 saturated carbocycles. The third-order valence-electron chi connectivity index (χ3n) is 3.93. The van der Waals surface area contributed by atoms with Gasteiger partial charge in [-0.25, -0.2) is 9.38 Å². The first-order valence-corrected chi connectivity index (χ1v) is 9.13. The molecule has 0 spiro atoms. The molecule has 0 aromatic heterocycles.